The predicted octanol–water partition coefficient (Wildman–Crippen LogP) is 4.32. The number of carbonyl (C=O) groups excluding carboxylic acids is 1. The summed E-state index contributed by atoms with van der Waals surface area (Å²) < 4.78 is 10.7. The summed E-state index contributed by atoms with van der Waals surface area (Å²) in [6, 6.07) is 15.5. The van der Waals surface area contributed by atoms with Gasteiger partial charge in [-0.1, -0.05) is 49.7 Å². The summed E-state index contributed by atoms with van der Waals surface area (Å²) in [4.78, 5) is 12.4. The van der Waals surface area contributed by atoms with Crippen molar-refractivity contribution in [2.24, 2.45) is 0 Å². The monoisotopic (exact) mass is 340 g/mol. The molecule has 25 heavy (non-hydrogen) atoms. The van der Waals surface area contributed by atoms with Gasteiger partial charge in [0, 0.05) is 0 Å². The van der Waals surface area contributed by atoms with E-state index in [2.05, 4.69) is 17.6 Å². The van der Waals surface area contributed by atoms with Crippen molar-refractivity contribution in [3.8, 4) is 11.5 Å². The van der Waals surface area contributed by atoms with Gasteiger partial charge >= 0.3 is 6.03 Å². The van der Waals surface area contributed by atoms with Gasteiger partial charge in [-0.15, -0.1) is 0 Å². The molecule has 0 bridgehead atoms. The van der Waals surface area contributed by atoms with Crippen LogP contribution in [0.3, 0.4) is 0 Å². The van der Waals surface area contributed by atoms with Crippen molar-refractivity contribution >= 4 is 6.03 Å². The van der Waals surface area contributed by atoms with E-state index in [1.165, 1.54) is 0 Å². The van der Waals surface area contributed by atoms with E-state index in [-0.39, 0.29) is 24.9 Å². The van der Waals surface area contributed by atoms with Gasteiger partial charge in [0.25, 0.3) is 0 Å². The number of amides is 2. The number of rotatable bonds is 6. The number of benzene rings is 2. The standard InChI is InChI=1S/C20H24N2O3/c1-3-7-17(15-8-5-4-6-9-15)22-20(23)21-14(2)16-10-11-18-19(12-16)25-13-24-18/h4-6,8-12,14,17H,3,7,13H2,1-2H3,(H2,21,22,23)/t14-,17-/m1/s1. The molecule has 2 atom stereocenters. The lowest BCUT2D eigenvalue weighted by atomic mass is 10.0. The molecular formula is C20H24N2O3. The van der Waals surface area contributed by atoms with E-state index in [1.807, 2.05) is 55.5 Å². The van der Waals surface area contributed by atoms with Crippen molar-refractivity contribution in [1.29, 1.82) is 0 Å². The highest BCUT2D eigenvalue weighted by Gasteiger charge is 2.18. The van der Waals surface area contributed by atoms with E-state index in [1.54, 1.807) is 0 Å². The molecule has 0 radical (unpaired) electrons. The van der Waals surface area contributed by atoms with Gasteiger partial charge < -0.3 is 20.1 Å². The van der Waals surface area contributed by atoms with Gasteiger partial charge in [0.05, 0.1) is 12.1 Å². The van der Waals surface area contributed by atoms with Gasteiger partial charge in [-0.3, -0.25) is 0 Å². The lowest BCUT2D eigenvalue weighted by Crippen LogP contribution is -2.39. The van der Waals surface area contributed by atoms with Crippen LogP contribution in [0, 0.1) is 0 Å². The zero-order chi connectivity index (χ0) is 17.6. The first-order valence-electron chi connectivity index (χ1n) is 8.69. The smallest absolute Gasteiger partial charge is 0.315 e. The van der Waals surface area contributed by atoms with E-state index in [0.717, 1.165) is 35.5 Å². The highest BCUT2D eigenvalue weighted by Crippen LogP contribution is 2.34. The minimum absolute atomic E-state index is 0.00940. The van der Waals surface area contributed by atoms with Crippen LogP contribution in [0.25, 0.3) is 0 Å². The van der Waals surface area contributed by atoms with Gasteiger partial charge in [0.1, 0.15) is 0 Å². The van der Waals surface area contributed by atoms with Gasteiger partial charge in [-0.2, -0.15) is 0 Å². The normalized spacial score (nSPS) is 14.6. The number of hydrogen-bond donors (Lipinski definition) is 2. The maximum atomic E-state index is 12.4. The molecule has 2 aromatic carbocycles. The summed E-state index contributed by atoms with van der Waals surface area (Å²) in [6.07, 6.45) is 1.90. The Bertz CT molecular complexity index is 718. The zero-order valence-corrected chi connectivity index (χ0v) is 14.6. The maximum Gasteiger partial charge on any atom is 0.315 e. The molecule has 132 valence electrons. The van der Waals surface area contributed by atoms with Crippen LogP contribution in [0.4, 0.5) is 4.79 Å². The van der Waals surface area contributed by atoms with Gasteiger partial charge in [-0.05, 0) is 36.6 Å². The number of carbonyl (C=O) groups is 1. The van der Waals surface area contributed by atoms with Crippen LogP contribution in [-0.2, 0) is 0 Å². The molecule has 2 amide bonds. The summed E-state index contributed by atoms with van der Waals surface area (Å²) in [6.45, 7) is 4.32. The van der Waals surface area contributed by atoms with Gasteiger partial charge in [0.2, 0.25) is 6.79 Å². The first kappa shape index (κ1) is 17.1. The molecule has 1 aliphatic heterocycles. The van der Waals surface area contributed by atoms with E-state index >= 15 is 0 Å². The number of fused-ring (bicyclic) bond motifs is 1. The fourth-order valence-corrected chi connectivity index (χ4v) is 2.96. The fourth-order valence-electron chi connectivity index (χ4n) is 2.96. The Labute approximate surface area is 148 Å². The van der Waals surface area contributed by atoms with Crippen LogP contribution >= 0.6 is 0 Å². The quantitative estimate of drug-likeness (QED) is 0.823. The average Bonchev–Trinajstić information content (AvgIpc) is 3.09. The van der Waals surface area contributed by atoms with E-state index in [9.17, 15) is 4.79 Å². The molecule has 0 spiro atoms. The SMILES string of the molecule is CCC[C@@H](NC(=O)N[C@H](C)c1ccc2c(c1)OCO2)c1ccccc1. The number of ether oxygens (including phenoxy) is 2. The van der Waals surface area contributed by atoms with Crippen molar-refractivity contribution < 1.29 is 14.3 Å². The Balaban J connectivity index is 1.62. The molecule has 1 aliphatic rings. The summed E-state index contributed by atoms with van der Waals surface area (Å²) in [5.41, 5.74) is 2.10. The average molecular weight is 340 g/mol. The molecule has 0 unspecified atom stereocenters. The number of hydrogen-bond acceptors (Lipinski definition) is 3. The molecule has 5 nitrogen and oxygen atoms in total. The third-order valence-corrected chi connectivity index (χ3v) is 4.33. The van der Waals surface area contributed by atoms with Crippen molar-refractivity contribution in [2.45, 2.75) is 38.8 Å². The fraction of sp³-hybridized carbons (Fsp3) is 0.350. The minimum atomic E-state index is -0.174. The molecule has 3 rings (SSSR count). The van der Waals surface area contributed by atoms with Crippen LogP contribution in [0.1, 0.15) is 49.9 Å². The summed E-state index contributed by atoms with van der Waals surface area (Å²) in [5, 5.41) is 6.08. The largest absolute Gasteiger partial charge is 0.454 e. The third-order valence-electron chi connectivity index (χ3n) is 4.33. The molecular weight excluding hydrogens is 316 g/mol. The maximum absolute atomic E-state index is 12.4. The Morgan fingerprint density at radius 2 is 1.80 bits per heavy atom. The second-order valence-electron chi connectivity index (χ2n) is 6.20. The highest BCUT2D eigenvalue weighted by atomic mass is 16.7. The van der Waals surface area contributed by atoms with Gasteiger partial charge in [-0.25, -0.2) is 4.79 Å². The Morgan fingerprint density at radius 1 is 1.04 bits per heavy atom. The van der Waals surface area contributed by atoms with Gasteiger partial charge in [0.15, 0.2) is 11.5 Å². The zero-order valence-electron chi connectivity index (χ0n) is 14.6. The Kier molecular flexibility index (Phi) is 5.43. The summed E-state index contributed by atoms with van der Waals surface area (Å²) >= 11 is 0. The second-order valence-corrected chi connectivity index (χ2v) is 6.20. The first-order chi connectivity index (χ1) is 12.2. The van der Waals surface area contributed by atoms with Crippen molar-refractivity contribution in [3.05, 3.63) is 59.7 Å². The minimum Gasteiger partial charge on any atom is -0.454 e. The van der Waals surface area contributed by atoms with Crippen molar-refractivity contribution in [2.75, 3.05) is 6.79 Å². The Hall–Kier alpha value is -2.69. The lowest BCUT2D eigenvalue weighted by Gasteiger charge is -2.21. The second kappa shape index (κ2) is 7.92. The molecule has 1 heterocycles. The first-order valence-corrected chi connectivity index (χ1v) is 8.69. The molecule has 0 saturated carbocycles. The molecule has 0 fully saturated rings. The van der Waals surface area contributed by atoms with Crippen molar-refractivity contribution in [1.82, 2.24) is 10.6 Å². The lowest BCUT2D eigenvalue weighted by molar-refractivity contribution is 0.174. The predicted molar refractivity (Wildman–Crippen MR) is 96.7 cm³/mol. The topological polar surface area (TPSA) is 59.6 Å². The molecule has 2 N–H and O–H groups in total. The number of urea groups is 1. The summed E-state index contributed by atoms with van der Waals surface area (Å²) in [5.74, 6) is 1.46. The summed E-state index contributed by atoms with van der Waals surface area (Å²) in [7, 11) is 0. The highest BCUT2D eigenvalue weighted by molar-refractivity contribution is 5.75. The molecule has 0 saturated heterocycles. The van der Waals surface area contributed by atoms with Crippen LogP contribution in [0.5, 0.6) is 11.5 Å². The van der Waals surface area contributed by atoms with E-state index < -0.39 is 0 Å². The van der Waals surface area contributed by atoms with E-state index in [4.69, 9.17) is 9.47 Å². The van der Waals surface area contributed by atoms with Crippen LogP contribution < -0.4 is 20.1 Å². The van der Waals surface area contributed by atoms with E-state index in [0.29, 0.717) is 0 Å². The van der Waals surface area contributed by atoms with Crippen LogP contribution in [-0.4, -0.2) is 12.8 Å². The molecule has 5 heteroatoms. The molecule has 0 aliphatic carbocycles. The number of nitrogens with one attached hydrogen (secondary N) is 2. The third kappa shape index (κ3) is 4.24. The Morgan fingerprint density at radius 3 is 2.56 bits per heavy atom. The van der Waals surface area contributed by atoms with Crippen LogP contribution in [0.15, 0.2) is 48.5 Å². The molecule has 2 aromatic rings. The molecule has 0 aromatic heterocycles. The van der Waals surface area contributed by atoms with Crippen molar-refractivity contribution in [3.63, 3.8) is 0 Å². The van der Waals surface area contributed by atoms with Crippen LogP contribution in [0.2, 0.25) is 0 Å².